The van der Waals surface area contributed by atoms with Gasteiger partial charge in [-0.25, -0.2) is 4.39 Å². The summed E-state index contributed by atoms with van der Waals surface area (Å²) in [5.74, 6) is 0.828. The molecule has 2 saturated heterocycles. The zero-order valence-corrected chi connectivity index (χ0v) is 18.3. The maximum atomic E-state index is 13.6. The van der Waals surface area contributed by atoms with E-state index >= 15 is 0 Å². The van der Waals surface area contributed by atoms with Crippen molar-refractivity contribution in [2.75, 3.05) is 53.0 Å². The number of nitrogens with one attached hydrogen (secondary N) is 1. The number of halogens is 2. The number of guanidine groups is 1. The van der Waals surface area contributed by atoms with Crippen LogP contribution in [0, 0.1) is 5.82 Å². The maximum Gasteiger partial charge on any atom is 0.193 e. The number of nitrogens with zero attached hydrogens (tertiary/aromatic N) is 3. The Morgan fingerprint density at radius 3 is 2.74 bits per heavy atom. The fraction of sp³-hybridized carbons (Fsp3) is 0.650. The van der Waals surface area contributed by atoms with Crippen molar-refractivity contribution >= 4 is 29.9 Å². The molecule has 7 heteroatoms. The minimum Gasteiger partial charge on any atom is -0.379 e. The highest BCUT2D eigenvalue weighted by atomic mass is 127. The van der Waals surface area contributed by atoms with E-state index in [1.165, 1.54) is 12.5 Å². The van der Waals surface area contributed by atoms with Gasteiger partial charge in [0, 0.05) is 51.2 Å². The molecule has 1 unspecified atom stereocenters. The van der Waals surface area contributed by atoms with Crippen LogP contribution in [0.25, 0.3) is 0 Å². The second-order valence-electron chi connectivity index (χ2n) is 7.73. The van der Waals surface area contributed by atoms with Crippen molar-refractivity contribution in [2.24, 2.45) is 4.99 Å². The van der Waals surface area contributed by atoms with Gasteiger partial charge in [-0.05, 0) is 37.0 Å². The fourth-order valence-electron chi connectivity index (χ4n) is 4.29. The average Bonchev–Trinajstić information content (AvgIpc) is 3.31. The van der Waals surface area contributed by atoms with Gasteiger partial charge in [-0.3, -0.25) is 9.89 Å². The molecule has 3 aliphatic rings. The van der Waals surface area contributed by atoms with Crippen LogP contribution in [-0.4, -0.2) is 74.8 Å². The highest BCUT2D eigenvalue weighted by Gasteiger charge is 2.44. The molecule has 0 spiro atoms. The van der Waals surface area contributed by atoms with Gasteiger partial charge in [0.25, 0.3) is 0 Å². The zero-order chi connectivity index (χ0) is 18.0. The van der Waals surface area contributed by atoms with E-state index in [0.717, 1.165) is 70.3 Å². The molecule has 2 aliphatic heterocycles. The molecule has 1 aromatic carbocycles. The zero-order valence-electron chi connectivity index (χ0n) is 16.0. The number of hydrogen-bond donors (Lipinski definition) is 1. The molecule has 150 valence electrons. The Kier molecular flexibility index (Phi) is 6.97. The van der Waals surface area contributed by atoms with E-state index in [1.54, 1.807) is 6.07 Å². The summed E-state index contributed by atoms with van der Waals surface area (Å²) in [6.07, 6.45) is 3.39. The Hall–Kier alpha value is -0.930. The lowest BCUT2D eigenvalue weighted by Crippen LogP contribution is -2.47. The highest BCUT2D eigenvalue weighted by molar-refractivity contribution is 14.0. The number of benzene rings is 1. The number of likely N-dealkylation sites (tertiary alicyclic amines) is 1. The third kappa shape index (κ3) is 4.74. The molecule has 0 aromatic heterocycles. The van der Waals surface area contributed by atoms with E-state index in [9.17, 15) is 4.39 Å². The molecule has 1 aliphatic carbocycles. The summed E-state index contributed by atoms with van der Waals surface area (Å²) in [6, 6.07) is 7.65. The lowest BCUT2D eigenvalue weighted by molar-refractivity contribution is 0.0195. The SMILES string of the molecule is CN=C(NCC1(c2cccc(F)c2)CC1)N1CCC(N2CCOCC2)C1.I. The van der Waals surface area contributed by atoms with E-state index in [0.29, 0.717) is 6.04 Å². The fourth-order valence-corrected chi connectivity index (χ4v) is 4.29. The molecule has 1 saturated carbocycles. The maximum absolute atomic E-state index is 13.6. The van der Waals surface area contributed by atoms with Crippen LogP contribution in [0.3, 0.4) is 0 Å². The van der Waals surface area contributed by atoms with Crippen LogP contribution >= 0.6 is 24.0 Å². The Bertz CT molecular complexity index is 661. The Morgan fingerprint density at radius 2 is 2.07 bits per heavy atom. The predicted molar refractivity (Wildman–Crippen MR) is 116 cm³/mol. The predicted octanol–water partition coefficient (Wildman–Crippen LogP) is 2.46. The smallest absolute Gasteiger partial charge is 0.193 e. The molecule has 0 amide bonds. The summed E-state index contributed by atoms with van der Waals surface area (Å²) in [7, 11) is 1.85. The Morgan fingerprint density at radius 1 is 1.30 bits per heavy atom. The van der Waals surface area contributed by atoms with E-state index < -0.39 is 0 Å². The molecule has 1 aromatic rings. The second-order valence-corrected chi connectivity index (χ2v) is 7.73. The lowest BCUT2D eigenvalue weighted by atomic mass is 9.96. The minimum atomic E-state index is -0.147. The average molecular weight is 488 g/mol. The van der Waals surface area contributed by atoms with Crippen molar-refractivity contribution in [3.63, 3.8) is 0 Å². The second kappa shape index (κ2) is 9.05. The lowest BCUT2D eigenvalue weighted by Gasteiger charge is -2.32. The molecule has 4 rings (SSSR count). The quantitative estimate of drug-likeness (QED) is 0.402. The third-order valence-electron chi connectivity index (χ3n) is 6.11. The molecule has 0 bridgehead atoms. The van der Waals surface area contributed by atoms with Gasteiger partial charge in [0.15, 0.2) is 5.96 Å². The van der Waals surface area contributed by atoms with Crippen molar-refractivity contribution in [1.29, 1.82) is 0 Å². The van der Waals surface area contributed by atoms with Crippen LogP contribution in [0.15, 0.2) is 29.3 Å². The normalized spacial score (nSPS) is 25.2. The van der Waals surface area contributed by atoms with Gasteiger partial charge < -0.3 is 15.0 Å². The van der Waals surface area contributed by atoms with Crippen LogP contribution in [0.4, 0.5) is 4.39 Å². The van der Waals surface area contributed by atoms with Crippen molar-refractivity contribution < 1.29 is 9.13 Å². The summed E-state index contributed by atoms with van der Waals surface area (Å²) in [4.78, 5) is 9.42. The number of morpholine rings is 1. The van der Waals surface area contributed by atoms with Gasteiger partial charge in [0.2, 0.25) is 0 Å². The van der Waals surface area contributed by atoms with Crippen molar-refractivity contribution in [3.8, 4) is 0 Å². The summed E-state index contributed by atoms with van der Waals surface area (Å²) < 4.78 is 19.1. The van der Waals surface area contributed by atoms with Gasteiger partial charge >= 0.3 is 0 Å². The summed E-state index contributed by atoms with van der Waals surface area (Å²) >= 11 is 0. The summed E-state index contributed by atoms with van der Waals surface area (Å²) in [6.45, 7) is 6.64. The molecule has 3 fully saturated rings. The highest BCUT2D eigenvalue weighted by Crippen LogP contribution is 2.47. The van der Waals surface area contributed by atoms with Crippen LogP contribution in [0.1, 0.15) is 24.8 Å². The van der Waals surface area contributed by atoms with E-state index in [4.69, 9.17) is 4.74 Å². The molecular formula is C20H30FIN4O. The first-order valence-corrected chi connectivity index (χ1v) is 9.74. The number of aliphatic imine (C=N–C) groups is 1. The topological polar surface area (TPSA) is 40.1 Å². The van der Waals surface area contributed by atoms with Crippen molar-refractivity contribution in [1.82, 2.24) is 15.1 Å². The Labute approximate surface area is 178 Å². The summed E-state index contributed by atoms with van der Waals surface area (Å²) in [5, 5.41) is 3.57. The first-order chi connectivity index (χ1) is 12.7. The van der Waals surface area contributed by atoms with Crippen LogP contribution in [0.2, 0.25) is 0 Å². The van der Waals surface area contributed by atoms with E-state index in [-0.39, 0.29) is 35.2 Å². The Balaban J connectivity index is 0.00000210. The monoisotopic (exact) mass is 488 g/mol. The van der Waals surface area contributed by atoms with Crippen LogP contribution in [0.5, 0.6) is 0 Å². The first kappa shape index (κ1) is 20.8. The number of rotatable bonds is 4. The van der Waals surface area contributed by atoms with Crippen molar-refractivity contribution in [2.45, 2.75) is 30.7 Å². The van der Waals surface area contributed by atoms with E-state index in [1.807, 2.05) is 19.2 Å². The largest absolute Gasteiger partial charge is 0.379 e. The minimum absolute atomic E-state index is 0. The van der Waals surface area contributed by atoms with Gasteiger partial charge in [-0.15, -0.1) is 24.0 Å². The van der Waals surface area contributed by atoms with Crippen molar-refractivity contribution in [3.05, 3.63) is 35.6 Å². The molecule has 5 nitrogen and oxygen atoms in total. The van der Waals surface area contributed by atoms with E-state index in [2.05, 4.69) is 20.1 Å². The molecule has 27 heavy (non-hydrogen) atoms. The number of hydrogen-bond acceptors (Lipinski definition) is 3. The molecule has 1 atom stereocenters. The standard InChI is InChI=1S/C20H29FN4O.HI/c1-22-19(25-8-5-18(14-25)24-9-11-26-12-10-24)23-15-20(6-7-20)16-3-2-4-17(21)13-16;/h2-4,13,18H,5-12,14-15H2,1H3,(H,22,23);1H. The van der Waals surface area contributed by atoms with Crippen LogP contribution < -0.4 is 5.32 Å². The number of ether oxygens (including phenoxy) is 1. The van der Waals surface area contributed by atoms with Gasteiger partial charge in [-0.2, -0.15) is 0 Å². The third-order valence-corrected chi connectivity index (χ3v) is 6.11. The molecule has 2 heterocycles. The van der Waals surface area contributed by atoms with Gasteiger partial charge in [0.1, 0.15) is 5.82 Å². The summed E-state index contributed by atoms with van der Waals surface area (Å²) in [5.41, 5.74) is 1.18. The molecule has 1 N–H and O–H groups in total. The van der Waals surface area contributed by atoms with Gasteiger partial charge in [-0.1, -0.05) is 12.1 Å². The molecule has 0 radical (unpaired) electrons. The van der Waals surface area contributed by atoms with Crippen LogP contribution in [-0.2, 0) is 10.2 Å². The first-order valence-electron chi connectivity index (χ1n) is 9.74. The van der Waals surface area contributed by atoms with Gasteiger partial charge in [0.05, 0.1) is 13.2 Å². The molecular weight excluding hydrogens is 458 g/mol.